The molecule has 0 heterocycles. The fraction of sp³-hybridized carbons (Fsp3) is 0.500. The van der Waals surface area contributed by atoms with Gasteiger partial charge < -0.3 is 10.8 Å². The van der Waals surface area contributed by atoms with E-state index in [0.717, 1.165) is 0 Å². The molecule has 0 aliphatic carbocycles. The summed E-state index contributed by atoms with van der Waals surface area (Å²) in [6, 6.07) is 0. The summed E-state index contributed by atoms with van der Waals surface area (Å²) >= 11 is 0. The number of terminal acetylenes is 1. The second-order valence-corrected chi connectivity index (χ2v) is 1.01. The van der Waals surface area contributed by atoms with Gasteiger partial charge in [0.1, 0.15) is 6.17 Å². The molecule has 40 valence electrons. The maximum absolute atomic E-state index is 8.08. The molecule has 0 saturated heterocycles. The molecule has 0 aromatic rings. The van der Waals surface area contributed by atoms with Crippen LogP contribution >= 0.6 is 0 Å². The molecule has 7 heavy (non-hydrogen) atoms. The Morgan fingerprint density at radius 2 is 2.57 bits per heavy atom. The van der Waals surface area contributed by atoms with E-state index >= 15 is 0 Å². The lowest BCUT2D eigenvalue weighted by molar-refractivity contribution is 0.253. The molecule has 0 amide bonds. The lowest BCUT2D eigenvalue weighted by Crippen LogP contribution is -2.36. The highest BCUT2D eigenvalue weighted by molar-refractivity contribution is 4.93. The second-order valence-electron chi connectivity index (χ2n) is 1.01. The van der Waals surface area contributed by atoms with Gasteiger partial charge in [0.25, 0.3) is 0 Å². The first kappa shape index (κ1) is 6.44. The van der Waals surface area contributed by atoms with Crippen molar-refractivity contribution in [1.29, 1.82) is 0 Å². The molecule has 3 heteroatoms. The number of rotatable bonds is 2. The van der Waals surface area contributed by atoms with Gasteiger partial charge in [0.05, 0.1) is 6.73 Å². The van der Waals surface area contributed by atoms with Gasteiger partial charge in [-0.05, 0) is 0 Å². The fourth-order valence-electron chi connectivity index (χ4n) is 0.157. The van der Waals surface area contributed by atoms with Crippen LogP contribution < -0.4 is 11.1 Å². The number of aliphatic hydroxyl groups excluding tert-OH is 1. The molecule has 0 aromatic heterocycles. The van der Waals surface area contributed by atoms with Crippen LogP contribution in [0.2, 0.25) is 0 Å². The van der Waals surface area contributed by atoms with Crippen LogP contribution in [0, 0.1) is 12.3 Å². The van der Waals surface area contributed by atoms with Crippen LogP contribution in [-0.2, 0) is 0 Å². The molecule has 0 bridgehead atoms. The molecule has 0 aromatic carbocycles. The standard InChI is InChI=1S/C4H8N2O/c1-2-4(5)6-3-7/h1,4,6-7H,3,5H2. The minimum absolute atomic E-state index is 0.175. The summed E-state index contributed by atoms with van der Waals surface area (Å²) in [5, 5.41) is 10.5. The molecule has 1 unspecified atom stereocenters. The Morgan fingerprint density at radius 1 is 2.00 bits per heavy atom. The minimum Gasteiger partial charge on any atom is -0.381 e. The Balaban J connectivity index is 3.04. The number of hydrogen-bond acceptors (Lipinski definition) is 3. The van der Waals surface area contributed by atoms with Crippen molar-refractivity contribution in [1.82, 2.24) is 5.32 Å². The Bertz CT molecular complexity index is 76.2. The number of aliphatic hydroxyl groups is 1. The average Bonchev–Trinajstić information content (AvgIpc) is 1.68. The van der Waals surface area contributed by atoms with Crippen LogP contribution in [0.4, 0.5) is 0 Å². The van der Waals surface area contributed by atoms with Crippen molar-refractivity contribution in [3.63, 3.8) is 0 Å². The van der Waals surface area contributed by atoms with Crippen molar-refractivity contribution in [2.45, 2.75) is 6.17 Å². The molecule has 0 saturated carbocycles. The lowest BCUT2D eigenvalue weighted by atomic mass is 10.5. The van der Waals surface area contributed by atoms with Crippen LogP contribution in [0.1, 0.15) is 0 Å². The van der Waals surface area contributed by atoms with Crippen molar-refractivity contribution in [2.75, 3.05) is 6.73 Å². The van der Waals surface area contributed by atoms with E-state index < -0.39 is 6.17 Å². The van der Waals surface area contributed by atoms with E-state index in [1.807, 2.05) is 0 Å². The van der Waals surface area contributed by atoms with Gasteiger partial charge in [-0.15, -0.1) is 6.42 Å². The summed E-state index contributed by atoms with van der Waals surface area (Å²) < 4.78 is 0. The molecular formula is C4H8N2O. The SMILES string of the molecule is C#CC(N)NCO. The third kappa shape index (κ3) is 3.27. The number of nitrogens with one attached hydrogen (secondary N) is 1. The average molecular weight is 100 g/mol. The smallest absolute Gasteiger partial charge is 0.120 e. The van der Waals surface area contributed by atoms with Crippen molar-refractivity contribution >= 4 is 0 Å². The molecule has 3 nitrogen and oxygen atoms in total. The van der Waals surface area contributed by atoms with E-state index in [9.17, 15) is 0 Å². The molecule has 0 rings (SSSR count). The highest BCUT2D eigenvalue weighted by Crippen LogP contribution is 1.58. The Morgan fingerprint density at radius 3 is 2.71 bits per heavy atom. The molecule has 0 radical (unpaired) electrons. The molecule has 0 aliphatic rings. The fourth-order valence-corrected chi connectivity index (χ4v) is 0.157. The normalized spacial score (nSPS) is 12.7. The first-order chi connectivity index (χ1) is 3.31. The minimum atomic E-state index is -0.523. The third-order valence-corrected chi connectivity index (χ3v) is 0.491. The Labute approximate surface area is 42.5 Å². The second kappa shape index (κ2) is 3.62. The van der Waals surface area contributed by atoms with Crippen LogP contribution in [0.5, 0.6) is 0 Å². The Hall–Kier alpha value is -0.560. The van der Waals surface area contributed by atoms with Gasteiger partial charge in [0, 0.05) is 0 Å². The van der Waals surface area contributed by atoms with Gasteiger partial charge in [-0.3, -0.25) is 5.32 Å². The van der Waals surface area contributed by atoms with Gasteiger partial charge >= 0.3 is 0 Å². The van der Waals surface area contributed by atoms with E-state index in [1.165, 1.54) is 0 Å². The maximum atomic E-state index is 8.08. The summed E-state index contributed by atoms with van der Waals surface area (Å²) in [5.41, 5.74) is 5.08. The first-order valence-electron chi connectivity index (χ1n) is 1.87. The van der Waals surface area contributed by atoms with Gasteiger partial charge in [-0.2, -0.15) is 0 Å². The van der Waals surface area contributed by atoms with Gasteiger partial charge in [-0.1, -0.05) is 5.92 Å². The Kier molecular flexibility index (Phi) is 3.33. The highest BCUT2D eigenvalue weighted by Gasteiger charge is 1.87. The predicted molar refractivity (Wildman–Crippen MR) is 27.0 cm³/mol. The lowest BCUT2D eigenvalue weighted by Gasteiger charge is -2.00. The van der Waals surface area contributed by atoms with E-state index in [-0.39, 0.29) is 6.73 Å². The van der Waals surface area contributed by atoms with Crippen LogP contribution in [0.15, 0.2) is 0 Å². The zero-order valence-corrected chi connectivity index (χ0v) is 3.89. The van der Waals surface area contributed by atoms with Crippen molar-refractivity contribution < 1.29 is 5.11 Å². The third-order valence-electron chi connectivity index (χ3n) is 0.491. The zero-order chi connectivity index (χ0) is 5.70. The summed E-state index contributed by atoms with van der Waals surface area (Å²) in [6.07, 6.45) is 4.29. The quantitative estimate of drug-likeness (QED) is 0.290. The van der Waals surface area contributed by atoms with Gasteiger partial charge in [0.2, 0.25) is 0 Å². The molecule has 0 fully saturated rings. The molecule has 0 aliphatic heterocycles. The van der Waals surface area contributed by atoms with Crippen LogP contribution in [-0.4, -0.2) is 18.0 Å². The molecule has 4 N–H and O–H groups in total. The molecule has 1 atom stereocenters. The zero-order valence-electron chi connectivity index (χ0n) is 3.89. The summed E-state index contributed by atoms with van der Waals surface area (Å²) in [4.78, 5) is 0. The van der Waals surface area contributed by atoms with Crippen molar-refractivity contribution in [3.8, 4) is 12.3 Å². The summed E-state index contributed by atoms with van der Waals surface area (Å²) in [7, 11) is 0. The van der Waals surface area contributed by atoms with Crippen LogP contribution in [0.25, 0.3) is 0 Å². The topological polar surface area (TPSA) is 58.3 Å². The van der Waals surface area contributed by atoms with Gasteiger partial charge in [-0.25, -0.2) is 0 Å². The molecular weight excluding hydrogens is 92.1 g/mol. The first-order valence-corrected chi connectivity index (χ1v) is 1.87. The van der Waals surface area contributed by atoms with Crippen molar-refractivity contribution in [2.24, 2.45) is 5.73 Å². The van der Waals surface area contributed by atoms with E-state index in [4.69, 9.17) is 17.3 Å². The largest absolute Gasteiger partial charge is 0.381 e. The number of hydrogen-bond donors (Lipinski definition) is 3. The monoisotopic (exact) mass is 100 g/mol. The van der Waals surface area contributed by atoms with Crippen LogP contribution in [0.3, 0.4) is 0 Å². The van der Waals surface area contributed by atoms with E-state index in [1.54, 1.807) is 0 Å². The van der Waals surface area contributed by atoms with E-state index in [0.29, 0.717) is 0 Å². The number of nitrogens with two attached hydrogens (primary N) is 1. The van der Waals surface area contributed by atoms with Crippen molar-refractivity contribution in [3.05, 3.63) is 0 Å². The predicted octanol–water partition coefficient (Wildman–Crippen LogP) is -1.56. The highest BCUT2D eigenvalue weighted by atomic mass is 16.3. The summed E-state index contributed by atoms with van der Waals surface area (Å²) in [5.74, 6) is 2.17. The van der Waals surface area contributed by atoms with Gasteiger partial charge in [0.15, 0.2) is 0 Å². The maximum Gasteiger partial charge on any atom is 0.120 e. The summed E-state index contributed by atoms with van der Waals surface area (Å²) in [6.45, 7) is -0.175. The molecule has 0 spiro atoms. The van der Waals surface area contributed by atoms with E-state index in [2.05, 4.69) is 11.2 Å².